The molecule has 0 aliphatic heterocycles. The molecule has 110 valence electrons. The fraction of sp³-hybridized carbons (Fsp3) is 0.286. The van der Waals surface area contributed by atoms with Gasteiger partial charge in [-0.3, -0.25) is 4.79 Å². The van der Waals surface area contributed by atoms with E-state index in [0.717, 1.165) is 12.8 Å². The molecule has 0 aliphatic carbocycles. The van der Waals surface area contributed by atoms with E-state index in [-0.39, 0.29) is 5.69 Å². The molecule has 0 fully saturated rings. The van der Waals surface area contributed by atoms with Crippen LogP contribution in [0.25, 0.3) is 5.69 Å². The Morgan fingerprint density at radius 2 is 1.95 bits per heavy atom. The number of unbranched alkanes of at least 4 members (excludes halogenated alkanes) is 1. The Morgan fingerprint density at radius 1 is 1.29 bits per heavy atom. The SMILES string of the molecule is CCCCc1c(C(=O)O)nnn1-c1ccc(C(N)=O)cc1. The smallest absolute Gasteiger partial charge is 0.358 e. The third-order valence-electron chi connectivity index (χ3n) is 3.13. The Kier molecular flexibility index (Phi) is 4.32. The summed E-state index contributed by atoms with van der Waals surface area (Å²) in [7, 11) is 0. The number of carbonyl (C=O) groups excluding carboxylic acids is 1. The summed E-state index contributed by atoms with van der Waals surface area (Å²) in [6, 6.07) is 6.47. The zero-order valence-electron chi connectivity index (χ0n) is 11.6. The van der Waals surface area contributed by atoms with Crippen molar-refractivity contribution in [2.24, 2.45) is 5.73 Å². The van der Waals surface area contributed by atoms with Gasteiger partial charge in [0.25, 0.3) is 0 Å². The molecule has 7 nitrogen and oxygen atoms in total. The summed E-state index contributed by atoms with van der Waals surface area (Å²) in [6.45, 7) is 2.02. The average molecular weight is 288 g/mol. The summed E-state index contributed by atoms with van der Waals surface area (Å²) in [5, 5.41) is 16.8. The van der Waals surface area contributed by atoms with E-state index in [1.165, 1.54) is 4.68 Å². The van der Waals surface area contributed by atoms with Gasteiger partial charge in [-0.05, 0) is 37.1 Å². The second-order valence-electron chi connectivity index (χ2n) is 4.62. The molecule has 0 saturated heterocycles. The second-order valence-corrected chi connectivity index (χ2v) is 4.62. The molecule has 0 spiro atoms. The third kappa shape index (κ3) is 3.07. The zero-order chi connectivity index (χ0) is 15.4. The van der Waals surface area contributed by atoms with E-state index in [0.29, 0.717) is 23.4 Å². The summed E-state index contributed by atoms with van der Waals surface area (Å²) < 4.78 is 1.49. The van der Waals surface area contributed by atoms with Crippen molar-refractivity contribution in [2.75, 3.05) is 0 Å². The highest BCUT2D eigenvalue weighted by atomic mass is 16.4. The molecule has 0 saturated carbocycles. The summed E-state index contributed by atoms with van der Waals surface area (Å²) in [5.74, 6) is -1.61. The largest absolute Gasteiger partial charge is 0.476 e. The minimum atomic E-state index is -1.10. The van der Waals surface area contributed by atoms with E-state index in [1.807, 2.05) is 6.92 Å². The van der Waals surface area contributed by atoms with Crippen molar-refractivity contribution in [3.05, 3.63) is 41.2 Å². The van der Waals surface area contributed by atoms with Crippen LogP contribution in [0.2, 0.25) is 0 Å². The van der Waals surface area contributed by atoms with Crippen LogP contribution in [0.5, 0.6) is 0 Å². The van der Waals surface area contributed by atoms with Crippen molar-refractivity contribution in [2.45, 2.75) is 26.2 Å². The summed E-state index contributed by atoms with van der Waals surface area (Å²) in [5.41, 5.74) is 6.73. The van der Waals surface area contributed by atoms with Gasteiger partial charge in [0.2, 0.25) is 5.91 Å². The van der Waals surface area contributed by atoms with Crippen LogP contribution in [0.4, 0.5) is 0 Å². The van der Waals surface area contributed by atoms with Gasteiger partial charge in [-0.2, -0.15) is 0 Å². The number of rotatable bonds is 6. The van der Waals surface area contributed by atoms with Crippen LogP contribution in [0.3, 0.4) is 0 Å². The molecule has 1 amide bonds. The molecule has 2 aromatic rings. The van der Waals surface area contributed by atoms with E-state index in [1.54, 1.807) is 24.3 Å². The van der Waals surface area contributed by atoms with E-state index in [9.17, 15) is 9.59 Å². The van der Waals surface area contributed by atoms with Crippen LogP contribution in [-0.2, 0) is 6.42 Å². The number of hydrogen-bond donors (Lipinski definition) is 2. The predicted octanol–water partition coefficient (Wildman–Crippen LogP) is 1.41. The Hall–Kier alpha value is -2.70. The number of nitrogens with two attached hydrogens (primary N) is 1. The summed E-state index contributed by atoms with van der Waals surface area (Å²) in [6.07, 6.45) is 2.35. The zero-order valence-corrected chi connectivity index (χ0v) is 11.6. The van der Waals surface area contributed by atoms with Crippen molar-refractivity contribution < 1.29 is 14.7 Å². The van der Waals surface area contributed by atoms with E-state index < -0.39 is 11.9 Å². The average Bonchev–Trinajstić information content (AvgIpc) is 2.89. The van der Waals surface area contributed by atoms with Gasteiger partial charge in [0, 0.05) is 5.56 Å². The van der Waals surface area contributed by atoms with Crippen molar-refractivity contribution in [3.63, 3.8) is 0 Å². The first kappa shape index (κ1) is 14.7. The van der Waals surface area contributed by atoms with Crippen LogP contribution >= 0.6 is 0 Å². The monoisotopic (exact) mass is 288 g/mol. The van der Waals surface area contributed by atoms with Crippen molar-refractivity contribution in [1.29, 1.82) is 0 Å². The normalized spacial score (nSPS) is 10.5. The molecule has 1 aromatic carbocycles. The number of aromatic nitrogens is 3. The highest BCUT2D eigenvalue weighted by molar-refractivity contribution is 5.92. The lowest BCUT2D eigenvalue weighted by Gasteiger charge is -2.07. The molecule has 0 radical (unpaired) electrons. The number of amides is 1. The maximum atomic E-state index is 11.2. The van der Waals surface area contributed by atoms with Crippen molar-refractivity contribution in [1.82, 2.24) is 15.0 Å². The number of carboxylic acid groups (broad SMARTS) is 1. The van der Waals surface area contributed by atoms with Crippen molar-refractivity contribution in [3.8, 4) is 5.69 Å². The highest BCUT2D eigenvalue weighted by Crippen LogP contribution is 2.16. The number of benzene rings is 1. The fourth-order valence-corrected chi connectivity index (χ4v) is 2.01. The summed E-state index contributed by atoms with van der Waals surface area (Å²) >= 11 is 0. The highest BCUT2D eigenvalue weighted by Gasteiger charge is 2.19. The van der Waals surface area contributed by atoms with E-state index >= 15 is 0 Å². The number of nitrogens with zero attached hydrogens (tertiary/aromatic N) is 3. The Labute approximate surface area is 121 Å². The Balaban J connectivity index is 2.42. The standard InChI is InChI=1S/C14H16N4O3/c1-2-3-4-11-12(14(20)21)16-17-18(11)10-7-5-9(6-8-10)13(15)19/h5-8H,2-4H2,1H3,(H2,15,19)(H,20,21). The molecule has 2 rings (SSSR count). The lowest BCUT2D eigenvalue weighted by Crippen LogP contribution is -2.11. The molecule has 0 unspecified atom stereocenters. The first-order chi connectivity index (χ1) is 10.0. The molecule has 0 aliphatic rings. The van der Waals surface area contributed by atoms with Gasteiger partial charge in [-0.1, -0.05) is 18.6 Å². The Bertz CT molecular complexity index is 661. The molecule has 3 N–H and O–H groups in total. The molecule has 0 bridgehead atoms. The van der Waals surface area contributed by atoms with E-state index in [4.69, 9.17) is 10.8 Å². The van der Waals surface area contributed by atoms with Gasteiger partial charge in [-0.25, -0.2) is 9.48 Å². The number of hydrogen-bond acceptors (Lipinski definition) is 4. The molecule has 7 heteroatoms. The minimum absolute atomic E-state index is 0.0394. The molecule has 1 aromatic heterocycles. The van der Waals surface area contributed by atoms with Crippen LogP contribution in [-0.4, -0.2) is 32.0 Å². The predicted molar refractivity (Wildman–Crippen MR) is 75.4 cm³/mol. The third-order valence-corrected chi connectivity index (χ3v) is 3.13. The quantitative estimate of drug-likeness (QED) is 0.834. The Morgan fingerprint density at radius 3 is 2.48 bits per heavy atom. The van der Waals surface area contributed by atoms with Crippen LogP contribution in [0.15, 0.2) is 24.3 Å². The molecular weight excluding hydrogens is 272 g/mol. The molecule has 0 atom stereocenters. The minimum Gasteiger partial charge on any atom is -0.476 e. The molecule has 1 heterocycles. The van der Waals surface area contributed by atoms with Gasteiger partial charge in [-0.15, -0.1) is 5.10 Å². The van der Waals surface area contributed by atoms with Gasteiger partial charge in [0.05, 0.1) is 11.4 Å². The number of aromatic carboxylic acids is 1. The summed E-state index contributed by atoms with van der Waals surface area (Å²) in [4.78, 5) is 22.3. The van der Waals surface area contributed by atoms with E-state index in [2.05, 4.69) is 10.3 Å². The van der Waals surface area contributed by atoms with Crippen LogP contribution in [0, 0.1) is 0 Å². The number of carbonyl (C=O) groups is 2. The lowest BCUT2D eigenvalue weighted by atomic mass is 10.1. The topological polar surface area (TPSA) is 111 Å². The lowest BCUT2D eigenvalue weighted by molar-refractivity contribution is 0.0689. The van der Waals surface area contributed by atoms with Crippen LogP contribution < -0.4 is 5.73 Å². The number of primary amides is 1. The van der Waals surface area contributed by atoms with Crippen molar-refractivity contribution >= 4 is 11.9 Å². The molecular formula is C14H16N4O3. The van der Waals surface area contributed by atoms with Gasteiger partial charge >= 0.3 is 5.97 Å². The first-order valence-electron chi connectivity index (χ1n) is 6.62. The second kappa shape index (κ2) is 6.17. The van der Waals surface area contributed by atoms with Gasteiger partial charge in [0.15, 0.2) is 5.69 Å². The van der Waals surface area contributed by atoms with Crippen LogP contribution in [0.1, 0.15) is 46.3 Å². The fourth-order valence-electron chi connectivity index (χ4n) is 2.01. The maximum absolute atomic E-state index is 11.2. The number of carboxylic acids is 1. The maximum Gasteiger partial charge on any atom is 0.358 e. The van der Waals surface area contributed by atoms with Gasteiger partial charge in [0.1, 0.15) is 0 Å². The van der Waals surface area contributed by atoms with Gasteiger partial charge < -0.3 is 10.8 Å². The molecule has 21 heavy (non-hydrogen) atoms. The first-order valence-corrected chi connectivity index (χ1v) is 6.62.